The summed E-state index contributed by atoms with van der Waals surface area (Å²) in [5, 5.41) is 14.4. The van der Waals surface area contributed by atoms with E-state index in [9.17, 15) is 5.11 Å². The summed E-state index contributed by atoms with van der Waals surface area (Å²) in [7, 11) is 0. The van der Waals surface area contributed by atoms with Crippen molar-refractivity contribution in [2.45, 2.75) is 63.9 Å². The van der Waals surface area contributed by atoms with Gasteiger partial charge in [0.05, 0.1) is 18.3 Å². The maximum Gasteiger partial charge on any atom is 0.0638 e. The average molecular weight is 261 g/mol. The lowest BCUT2D eigenvalue weighted by Crippen LogP contribution is -2.44. The molecule has 1 aromatic rings. The maximum atomic E-state index is 9.85. The summed E-state index contributed by atoms with van der Waals surface area (Å²) in [5.74, 6) is 0. The molecule has 4 nitrogen and oxygen atoms in total. The van der Waals surface area contributed by atoms with Crippen LogP contribution in [0.3, 0.4) is 0 Å². The summed E-state index contributed by atoms with van der Waals surface area (Å²) < 4.78 is 1.96. The van der Waals surface area contributed by atoms with Gasteiger partial charge in [-0.2, -0.15) is 5.10 Å². The molecule has 4 heteroatoms. The Bertz CT molecular complexity index is 454. The number of allylic oxidation sites excluding steroid dienone is 1. The van der Waals surface area contributed by atoms with Crippen LogP contribution < -0.4 is 0 Å². The number of piperidine rings is 1. The van der Waals surface area contributed by atoms with Crippen LogP contribution in [-0.4, -0.2) is 38.0 Å². The second-order valence-electron chi connectivity index (χ2n) is 5.93. The third kappa shape index (κ3) is 2.47. The zero-order valence-electron chi connectivity index (χ0n) is 11.6. The summed E-state index contributed by atoms with van der Waals surface area (Å²) in [6, 6.07) is 1.13. The van der Waals surface area contributed by atoms with Crippen molar-refractivity contribution in [3.8, 4) is 0 Å². The molecular formula is C15H23N3O. The largest absolute Gasteiger partial charge is 0.393 e. The van der Waals surface area contributed by atoms with Crippen LogP contribution in [0.5, 0.6) is 0 Å². The highest BCUT2D eigenvalue weighted by Gasteiger charge is 2.40. The Kier molecular flexibility index (Phi) is 3.46. The lowest BCUT2D eigenvalue weighted by atomic mass is 9.99. The van der Waals surface area contributed by atoms with Crippen molar-refractivity contribution in [3.63, 3.8) is 0 Å². The second-order valence-corrected chi connectivity index (χ2v) is 5.93. The predicted molar refractivity (Wildman–Crippen MR) is 74.8 cm³/mol. The summed E-state index contributed by atoms with van der Waals surface area (Å²) in [6.45, 7) is 7.58. The van der Waals surface area contributed by atoms with Crippen LogP contribution in [0.25, 0.3) is 0 Å². The molecule has 0 spiro atoms. The van der Waals surface area contributed by atoms with Crippen LogP contribution in [0.1, 0.15) is 36.9 Å². The minimum atomic E-state index is -0.0849. The normalized spacial score (nSPS) is 30.7. The lowest BCUT2D eigenvalue weighted by molar-refractivity contribution is 0.0309. The minimum Gasteiger partial charge on any atom is -0.393 e. The SMILES string of the molecule is C=CCn1cc(CN2[C@@H]3CC[C@H]2CC(O)C3)c(C)n1. The van der Waals surface area contributed by atoms with Crippen LogP contribution >= 0.6 is 0 Å². The van der Waals surface area contributed by atoms with Crippen molar-refractivity contribution in [2.75, 3.05) is 0 Å². The monoisotopic (exact) mass is 261 g/mol. The van der Waals surface area contributed by atoms with Gasteiger partial charge < -0.3 is 5.11 Å². The van der Waals surface area contributed by atoms with Crippen molar-refractivity contribution in [3.05, 3.63) is 30.1 Å². The third-order valence-electron chi connectivity index (χ3n) is 4.58. The fourth-order valence-corrected chi connectivity index (χ4v) is 3.64. The highest BCUT2D eigenvalue weighted by molar-refractivity contribution is 5.16. The fraction of sp³-hybridized carbons (Fsp3) is 0.667. The molecule has 2 fully saturated rings. The van der Waals surface area contributed by atoms with Crippen molar-refractivity contribution in [2.24, 2.45) is 0 Å². The molecule has 19 heavy (non-hydrogen) atoms. The van der Waals surface area contributed by atoms with Gasteiger partial charge in [-0.1, -0.05) is 6.08 Å². The highest BCUT2D eigenvalue weighted by atomic mass is 16.3. The van der Waals surface area contributed by atoms with E-state index in [2.05, 4.69) is 29.7 Å². The molecule has 2 saturated heterocycles. The number of nitrogens with zero attached hydrogens (tertiary/aromatic N) is 3. The quantitative estimate of drug-likeness (QED) is 0.841. The molecule has 2 bridgehead atoms. The van der Waals surface area contributed by atoms with E-state index in [4.69, 9.17) is 0 Å². The fourth-order valence-electron chi connectivity index (χ4n) is 3.64. The van der Waals surface area contributed by atoms with E-state index in [-0.39, 0.29) is 6.10 Å². The number of fused-ring (bicyclic) bond motifs is 2. The van der Waals surface area contributed by atoms with Gasteiger partial charge in [-0.25, -0.2) is 0 Å². The van der Waals surface area contributed by atoms with Crippen LogP contribution in [0.2, 0.25) is 0 Å². The second kappa shape index (κ2) is 5.10. The van der Waals surface area contributed by atoms with Crippen LogP contribution in [0, 0.1) is 6.92 Å². The topological polar surface area (TPSA) is 41.3 Å². The van der Waals surface area contributed by atoms with Gasteiger partial charge in [-0.15, -0.1) is 6.58 Å². The lowest BCUT2D eigenvalue weighted by Gasteiger charge is -2.37. The van der Waals surface area contributed by atoms with E-state index >= 15 is 0 Å². The smallest absolute Gasteiger partial charge is 0.0638 e. The molecule has 0 aliphatic carbocycles. The Morgan fingerprint density at radius 1 is 1.42 bits per heavy atom. The molecular weight excluding hydrogens is 238 g/mol. The molecule has 3 heterocycles. The third-order valence-corrected chi connectivity index (χ3v) is 4.58. The number of hydrogen-bond donors (Lipinski definition) is 1. The molecule has 2 aliphatic heterocycles. The Hall–Kier alpha value is -1.13. The van der Waals surface area contributed by atoms with E-state index in [0.717, 1.165) is 31.6 Å². The zero-order valence-corrected chi connectivity index (χ0v) is 11.6. The van der Waals surface area contributed by atoms with Gasteiger partial charge in [-0.3, -0.25) is 9.58 Å². The summed E-state index contributed by atoms with van der Waals surface area (Å²) in [6.07, 6.45) is 8.28. The Morgan fingerprint density at radius 2 is 2.11 bits per heavy atom. The van der Waals surface area contributed by atoms with Gasteiger partial charge >= 0.3 is 0 Å². The first-order valence-corrected chi connectivity index (χ1v) is 7.25. The minimum absolute atomic E-state index is 0.0849. The van der Waals surface area contributed by atoms with Crippen LogP contribution in [0.15, 0.2) is 18.9 Å². The van der Waals surface area contributed by atoms with Gasteiger partial charge in [-0.05, 0) is 32.6 Å². The summed E-state index contributed by atoms with van der Waals surface area (Å²) in [5.41, 5.74) is 2.43. The molecule has 2 aliphatic rings. The molecule has 3 rings (SSSR count). The number of aryl methyl sites for hydroxylation is 1. The molecule has 0 saturated carbocycles. The van der Waals surface area contributed by atoms with Gasteiger partial charge in [0.15, 0.2) is 0 Å². The first-order valence-electron chi connectivity index (χ1n) is 7.25. The summed E-state index contributed by atoms with van der Waals surface area (Å²) in [4.78, 5) is 2.58. The van der Waals surface area contributed by atoms with Crippen molar-refractivity contribution in [1.82, 2.24) is 14.7 Å². The molecule has 0 radical (unpaired) electrons. The molecule has 0 aromatic carbocycles. The molecule has 1 aromatic heterocycles. The summed E-state index contributed by atoms with van der Waals surface area (Å²) >= 11 is 0. The molecule has 1 unspecified atom stereocenters. The van der Waals surface area contributed by atoms with Gasteiger partial charge in [0.25, 0.3) is 0 Å². The van der Waals surface area contributed by atoms with Gasteiger partial charge in [0.1, 0.15) is 0 Å². The molecule has 104 valence electrons. The van der Waals surface area contributed by atoms with E-state index < -0.39 is 0 Å². The standard InChI is InChI=1S/C15H23N3O/c1-3-6-17-9-12(11(2)16-17)10-18-13-4-5-14(18)8-15(19)7-13/h3,9,13-15,19H,1,4-8,10H2,2H3/t13-,14+,15?. The number of hydrogen-bond acceptors (Lipinski definition) is 3. The van der Waals surface area contributed by atoms with E-state index in [1.807, 2.05) is 10.8 Å². The number of aliphatic hydroxyl groups excluding tert-OH is 1. The molecule has 3 atom stereocenters. The number of aromatic nitrogens is 2. The van der Waals surface area contributed by atoms with Crippen molar-refractivity contribution >= 4 is 0 Å². The number of aliphatic hydroxyl groups is 1. The number of rotatable bonds is 4. The molecule has 1 N–H and O–H groups in total. The average Bonchev–Trinajstić information content (AvgIpc) is 2.81. The van der Waals surface area contributed by atoms with Gasteiger partial charge in [0, 0.05) is 30.4 Å². The predicted octanol–water partition coefficient (Wildman–Crippen LogP) is 1.87. The van der Waals surface area contributed by atoms with Crippen LogP contribution in [-0.2, 0) is 13.1 Å². The van der Waals surface area contributed by atoms with Crippen molar-refractivity contribution < 1.29 is 5.11 Å². The Balaban J connectivity index is 1.73. The van der Waals surface area contributed by atoms with E-state index in [1.54, 1.807) is 0 Å². The first-order chi connectivity index (χ1) is 9.17. The zero-order chi connectivity index (χ0) is 13.4. The van der Waals surface area contributed by atoms with Crippen LogP contribution in [0.4, 0.5) is 0 Å². The van der Waals surface area contributed by atoms with Crippen molar-refractivity contribution in [1.29, 1.82) is 0 Å². The van der Waals surface area contributed by atoms with E-state index in [0.29, 0.717) is 12.1 Å². The Labute approximate surface area is 114 Å². The highest BCUT2D eigenvalue weighted by Crippen LogP contribution is 2.36. The Morgan fingerprint density at radius 3 is 2.74 bits per heavy atom. The van der Waals surface area contributed by atoms with E-state index in [1.165, 1.54) is 18.4 Å². The maximum absolute atomic E-state index is 9.85. The van der Waals surface area contributed by atoms with Gasteiger partial charge in [0.2, 0.25) is 0 Å². The first kappa shape index (κ1) is 12.9. The molecule has 0 amide bonds.